The van der Waals surface area contributed by atoms with Gasteiger partial charge in [0.1, 0.15) is 0 Å². The standard InChI is InChI=1S/C43H28N4/c1-3-13-31(14-4-1)45-23-21-30-25-35-37-27-41-36(34-18-7-8-20-39(34)46(41)32-15-5-2-6-16-32)26-42(37)47(43(35)28-40(30)45)33-17-11-12-29(24-33)38-19-9-10-22-44-38/h1-28H. The van der Waals surface area contributed by atoms with Gasteiger partial charge in [-0.3, -0.25) is 4.98 Å². The van der Waals surface area contributed by atoms with Crippen LogP contribution in [-0.4, -0.2) is 18.7 Å². The van der Waals surface area contributed by atoms with E-state index < -0.39 is 0 Å². The van der Waals surface area contributed by atoms with E-state index in [0.717, 1.165) is 28.3 Å². The SMILES string of the molecule is c1ccc(-n2ccc3cc4c5cc6c(cc5n(-c5cccc(-c7ccccn7)c5)c4cc32)c2ccccc2n6-c2ccccc2)cc1. The molecule has 6 aromatic carbocycles. The maximum Gasteiger partial charge on any atom is 0.0702 e. The van der Waals surface area contributed by atoms with Gasteiger partial charge in [0.05, 0.1) is 33.3 Å². The Morgan fingerprint density at radius 2 is 1.02 bits per heavy atom. The minimum absolute atomic E-state index is 0.962. The first-order chi connectivity index (χ1) is 23.3. The first kappa shape index (κ1) is 25.9. The molecule has 0 bridgehead atoms. The number of hydrogen-bond acceptors (Lipinski definition) is 1. The zero-order chi connectivity index (χ0) is 30.9. The van der Waals surface area contributed by atoms with Gasteiger partial charge in [0, 0.05) is 62.0 Å². The summed E-state index contributed by atoms with van der Waals surface area (Å²) in [6.45, 7) is 0. The molecule has 4 heterocycles. The average molecular weight is 601 g/mol. The molecule has 10 rings (SSSR count). The van der Waals surface area contributed by atoms with Crippen LogP contribution >= 0.6 is 0 Å². The summed E-state index contributed by atoms with van der Waals surface area (Å²) < 4.78 is 7.13. The average Bonchev–Trinajstić information content (AvgIpc) is 3.80. The van der Waals surface area contributed by atoms with Crippen LogP contribution in [0.4, 0.5) is 0 Å². The van der Waals surface area contributed by atoms with Gasteiger partial charge in [0.25, 0.3) is 0 Å². The summed E-state index contributed by atoms with van der Waals surface area (Å²) in [5.74, 6) is 0. The van der Waals surface area contributed by atoms with Gasteiger partial charge < -0.3 is 13.7 Å². The smallest absolute Gasteiger partial charge is 0.0702 e. The number of fused-ring (bicyclic) bond motifs is 7. The third-order valence-electron chi connectivity index (χ3n) is 9.48. The van der Waals surface area contributed by atoms with Crippen molar-refractivity contribution in [2.45, 2.75) is 0 Å². The number of hydrogen-bond donors (Lipinski definition) is 0. The molecule has 220 valence electrons. The van der Waals surface area contributed by atoms with Crippen molar-refractivity contribution in [3.63, 3.8) is 0 Å². The van der Waals surface area contributed by atoms with Crippen molar-refractivity contribution in [2.24, 2.45) is 0 Å². The predicted molar refractivity (Wildman–Crippen MR) is 195 cm³/mol. The van der Waals surface area contributed by atoms with Crippen LogP contribution in [0.25, 0.3) is 82.8 Å². The Labute approximate surface area is 271 Å². The molecule has 4 nitrogen and oxygen atoms in total. The highest BCUT2D eigenvalue weighted by atomic mass is 15.0. The summed E-state index contributed by atoms with van der Waals surface area (Å²) in [4.78, 5) is 4.67. The van der Waals surface area contributed by atoms with E-state index >= 15 is 0 Å². The van der Waals surface area contributed by atoms with Gasteiger partial charge >= 0.3 is 0 Å². The van der Waals surface area contributed by atoms with Crippen molar-refractivity contribution in [1.29, 1.82) is 0 Å². The molecule has 10 aromatic rings. The van der Waals surface area contributed by atoms with Crippen LogP contribution in [0.5, 0.6) is 0 Å². The van der Waals surface area contributed by atoms with E-state index in [1.54, 1.807) is 0 Å². The van der Waals surface area contributed by atoms with E-state index in [-0.39, 0.29) is 0 Å². The molecule has 0 atom stereocenters. The summed E-state index contributed by atoms with van der Waals surface area (Å²) in [6, 6.07) is 56.6. The third kappa shape index (κ3) is 3.92. The molecular formula is C43H28N4. The van der Waals surface area contributed by atoms with Crippen molar-refractivity contribution < 1.29 is 0 Å². The Bertz CT molecular complexity index is 2770. The normalized spacial score (nSPS) is 11.8. The molecule has 0 saturated heterocycles. The first-order valence-electron chi connectivity index (χ1n) is 16.0. The van der Waals surface area contributed by atoms with Crippen LogP contribution in [-0.2, 0) is 0 Å². The monoisotopic (exact) mass is 600 g/mol. The fraction of sp³-hybridized carbons (Fsp3) is 0. The lowest BCUT2D eigenvalue weighted by molar-refractivity contribution is 1.12. The lowest BCUT2D eigenvalue weighted by atomic mass is 10.1. The summed E-state index contributed by atoms with van der Waals surface area (Å²) in [6.07, 6.45) is 4.04. The van der Waals surface area contributed by atoms with Crippen molar-refractivity contribution in [3.8, 4) is 28.3 Å². The molecule has 0 N–H and O–H groups in total. The Kier molecular flexibility index (Phi) is 5.54. The molecule has 0 amide bonds. The van der Waals surface area contributed by atoms with Gasteiger partial charge in [-0.2, -0.15) is 0 Å². The van der Waals surface area contributed by atoms with Crippen LogP contribution < -0.4 is 0 Å². The zero-order valence-electron chi connectivity index (χ0n) is 25.5. The second kappa shape index (κ2) is 10.1. The number of rotatable bonds is 4. The minimum Gasteiger partial charge on any atom is -0.316 e. The van der Waals surface area contributed by atoms with Crippen LogP contribution in [0, 0.1) is 0 Å². The summed E-state index contributed by atoms with van der Waals surface area (Å²) in [7, 11) is 0. The summed E-state index contributed by atoms with van der Waals surface area (Å²) >= 11 is 0. The maximum absolute atomic E-state index is 4.67. The van der Waals surface area contributed by atoms with Gasteiger partial charge in [-0.25, -0.2) is 0 Å². The zero-order valence-corrected chi connectivity index (χ0v) is 25.5. The summed E-state index contributed by atoms with van der Waals surface area (Å²) in [5.41, 5.74) is 11.4. The number of nitrogens with zero attached hydrogens (tertiary/aromatic N) is 4. The largest absolute Gasteiger partial charge is 0.316 e. The van der Waals surface area contributed by atoms with Gasteiger partial charge in [0.15, 0.2) is 0 Å². The first-order valence-corrected chi connectivity index (χ1v) is 16.0. The second-order valence-corrected chi connectivity index (χ2v) is 12.1. The molecule has 0 spiro atoms. The van der Waals surface area contributed by atoms with Crippen LogP contribution in [0.1, 0.15) is 0 Å². The lowest BCUT2D eigenvalue weighted by Crippen LogP contribution is -1.96. The number of para-hydroxylation sites is 3. The van der Waals surface area contributed by atoms with E-state index in [9.17, 15) is 0 Å². The van der Waals surface area contributed by atoms with Crippen molar-refractivity contribution >= 4 is 54.5 Å². The molecule has 4 aromatic heterocycles. The highest BCUT2D eigenvalue weighted by Gasteiger charge is 2.20. The van der Waals surface area contributed by atoms with Crippen molar-refractivity contribution in [2.75, 3.05) is 0 Å². The quantitative estimate of drug-likeness (QED) is 0.197. The molecular weight excluding hydrogens is 573 g/mol. The highest BCUT2D eigenvalue weighted by Crippen LogP contribution is 2.41. The molecule has 0 aliphatic heterocycles. The van der Waals surface area contributed by atoms with Crippen molar-refractivity contribution in [3.05, 3.63) is 170 Å². The van der Waals surface area contributed by atoms with Crippen LogP contribution in [0.15, 0.2) is 170 Å². The fourth-order valence-corrected chi connectivity index (χ4v) is 7.39. The third-order valence-corrected chi connectivity index (χ3v) is 9.48. The Hall–Kier alpha value is -6.39. The molecule has 4 heteroatoms. The van der Waals surface area contributed by atoms with E-state index in [4.69, 9.17) is 0 Å². The summed E-state index contributed by atoms with van der Waals surface area (Å²) in [5, 5.41) is 6.15. The second-order valence-electron chi connectivity index (χ2n) is 12.1. The maximum atomic E-state index is 4.67. The van der Waals surface area contributed by atoms with E-state index in [2.05, 4.69) is 170 Å². The van der Waals surface area contributed by atoms with Gasteiger partial charge in [0.2, 0.25) is 0 Å². The minimum atomic E-state index is 0.962. The van der Waals surface area contributed by atoms with E-state index in [1.807, 2.05) is 18.3 Å². The Morgan fingerprint density at radius 3 is 1.81 bits per heavy atom. The molecule has 0 radical (unpaired) electrons. The van der Waals surface area contributed by atoms with Crippen LogP contribution in [0.2, 0.25) is 0 Å². The molecule has 0 saturated carbocycles. The molecule has 47 heavy (non-hydrogen) atoms. The Balaban J connectivity index is 1.34. The van der Waals surface area contributed by atoms with Crippen LogP contribution in [0.3, 0.4) is 0 Å². The Morgan fingerprint density at radius 1 is 0.383 bits per heavy atom. The van der Waals surface area contributed by atoms with Gasteiger partial charge in [-0.1, -0.05) is 72.8 Å². The highest BCUT2D eigenvalue weighted by molar-refractivity contribution is 6.20. The van der Waals surface area contributed by atoms with Gasteiger partial charge in [-0.15, -0.1) is 0 Å². The lowest BCUT2D eigenvalue weighted by Gasteiger charge is -2.11. The number of aromatic nitrogens is 4. The number of benzene rings is 6. The molecule has 0 unspecified atom stereocenters. The molecule has 0 fully saturated rings. The van der Waals surface area contributed by atoms with Crippen molar-refractivity contribution in [1.82, 2.24) is 18.7 Å². The topological polar surface area (TPSA) is 27.7 Å². The van der Waals surface area contributed by atoms with E-state index in [0.29, 0.717) is 0 Å². The predicted octanol–water partition coefficient (Wildman–Crippen LogP) is 10.9. The fourth-order valence-electron chi connectivity index (χ4n) is 7.39. The number of pyridine rings is 1. The van der Waals surface area contributed by atoms with Gasteiger partial charge in [-0.05, 0) is 84.9 Å². The van der Waals surface area contributed by atoms with E-state index in [1.165, 1.54) is 54.5 Å². The molecule has 0 aliphatic rings. The molecule has 0 aliphatic carbocycles.